The number of carboxylic acids is 2. The van der Waals surface area contributed by atoms with Crippen LogP contribution in [-0.4, -0.2) is 34.1 Å². The van der Waals surface area contributed by atoms with Gasteiger partial charge in [0, 0.05) is 0 Å². The van der Waals surface area contributed by atoms with E-state index in [4.69, 9.17) is 10.2 Å². The SMILES string of the molecule is O=P#CC(=O)N[C@@H](CC(=O)O)C(=O)O. The maximum absolute atomic E-state index is 10.7. The van der Waals surface area contributed by atoms with Crippen molar-refractivity contribution in [1.82, 2.24) is 5.32 Å². The third-order valence-electron chi connectivity index (χ3n) is 1.13. The van der Waals surface area contributed by atoms with Crippen LogP contribution < -0.4 is 5.32 Å². The molecule has 0 aromatic carbocycles. The van der Waals surface area contributed by atoms with E-state index in [2.05, 4.69) is 0 Å². The van der Waals surface area contributed by atoms with E-state index in [0.717, 1.165) is 0 Å². The van der Waals surface area contributed by atoms with Gasteiger partial charge >= 0.3 is 78.3 Å². The fourth-order valence-electron chi connectivity index (χ4n) is 0.607. The van der Waals surface area contributed by atoms with Gasteiger partial charge in [-0.1, -0.05) is 0 Å². The van der Waals surface area contributed by atoms with Crippen LogP contribution in [-0.2, 0) is 18.9 Å². The summed E-state index contributed by atoms with van der Waals surface area (Å²) < 4.78 is 9.85. The fraction of sp³-hybridized carbons (Fsp3) is 0.333. The van der Waals surface area contributed by atoms with E-state index in [0.29, 0.717) is 0 Å². The Morgan fingerprint density at radius 2 is 1.93 bits per heavy atom. The molecule has 0 spiro atoms. The van der Waals surface area contributed by atoms with Crippen LogP contribution in [0.5, 0.6) is 0 Å². The zero-order chi connectivity index (χ0) is 11.1. The number of carbonyl (C=O) groups excluding carboxylic acids is 1. The molecule has 7 nitrogen and oxygen atoms in total. The summed E-state index contributed by atoms with van der Waals surface area (Å²) in [4.78, 5) is 31.2. The molecule has 0 aromatic heterocycles. The van der Waals surface area contributed by atoms with Crippen LogP contribution in [0.1, 0.15) is 6.42 Å². The molecule has 1 amide bonds. The van der Waals surface area contributed by atoms with Crippen molar-refractivity contribution in [3.05, 3.63) is 0 Å². The van der Waals surface area contributed by atoms with E-state index in [1.54, 1.807) is 5.63 Å². The number of aliphatic carboxylic acids is 2. The van der Waals surface area contributed by atoms with Gasteiger partial charge in [0.1, 0.15) is 0 Å². The third-order valence-corrected chi connectivity index (χ3v) is 1.42. The van der Waals surface area contributed by atoms with E-state index in [9.17, 15) is 18.9 Å². The van der Waals surface area contributed by atoms with E-state index in [-0.39, 0.29) is 0 Å². The second kappa shape index (κ2) is 5.96. The molecule has 0 radical (unpaired) electrons. The van der Waals surface area contributed by atoms with Crippen LogP contribution in [0.25, 0.3) is 0 Å². The average molecular weight is 219 g/mol. The Kier molecular flexibility index (Phi) is 5.29. The molecule has 8 heteroatoms. The number of nitrogens with one attached hydrogen (secondary N) is 1. The normalized spacial score (nSPS) is 10.9. The summed E-state index contributed by atoms with van der Waals surface area (Å²) in [5, 5.41) is 18.5. The van der Waals surface area contributed by atoms with Crippen LogP contribution in [0.2, 0.25) is 0 Å². The van der Waals surface area contributed by atoms with Crippen LogP contribution in [0.15, 0.2) is 0 Å². The van der Waals surface area contributed by atoms with Crippen molar-refractivity contribution in [1.29, 1.82) is 0 Å². The Morgan fingerprint density at radius 1 is 1.36 bits per heavy atom. The van der Waals surface area contributed by atoms with Gasteiger partial charge in [-0.15, -0.1) is 0 Å². The quantitative estimate of drug-likeness (QED) is 0.536. The topological polar surface area (TPSA) is 121 Å². The van der Waals surface area contributed by atoms with Gasteiger partial charge in [-0.3, -0.25) is 0 Å². The molecular formula is C6H6NO6P. The minimum atomic E-state index is -1.55. The Balaban J connectivity index is 4.42. The number of rotatable bonds is 4. The predicted octanol–water partition coefficient (Wildman–Crippen LogP) is -0.719. The van der Waals surface area contributed by atoms with Crippen LogP contribution in [0.3, 0.4) is 0 Å². The molecule has 14 heavy (non-hydrogen) atoms. The molecule has 76 valence electrons. The van der Waals surface area contributed by atoms with Gasteiger partial charge in [0.15, 0.2) is 0 Å². The monoisotopic (exact) mass is 219 g/mol. The average Bonchev–Trinajstić information content (AvgIpc) is 2.02. The first-order valence-electron chi connectivity index (χ1n) is 3.30. The summed E-state index contributed by atoms with van der Waals surface area (Å²) in [5.41, 5.74) is 1.71. The number of carbonyl (C=O) groups is 3. The van der Waals surface area contributed by atoms with Crippen LogP contribution in [0, 0.1) is 5.63 Å². The molecule has 1 atom stereocenters. The first-order chi connectivity index (χ1) is 6.47. The maximum atomic E-state index is 10.7. The molecule has 0 fully saturated rings. The standard InChI is InChI=1S/C6H6NO6P/c8-4(2-14-13)7-3(6(11)12)1-5(9)10/h3H,1H2,(H,7,8)(H,9,10)(H,11,12)/t3-/m0/s1. The van der Waals surface area contributed by atoms with Crippen LogP contribution >= 0.6 is 7.92 Å². The molecule has 0 aliphatic carbocycles. The van der Waals surface area contributed by atoms with Crippen molar-refractivity contribution in [2.45, 2.75) is 12.5 Å². The van der Waals surface area contributed by atoms with Gasteiger partial charge in [0.2, 0.25) is 0 Å². The van der Waals surface area contributed by atoms with Crippen molar-refractivity contribution in [3.8, 4) is 5.63 Å². The van der Waals surface area contributed by atoms with Crippen molar-refractivity contribution in [3.63, 3.8) is 0 Å². The van der Waals surface area contributed by atoms with Gasteiger partial charge in [-0.2, -0.15) is 0 Å². The van der Waals surface area contributed by atoms with Crippen molar-refractivity contribution in [2.24, 2.45) is 0 Å². The first-order valence-corrected chi connectivity index (χ1v) is 4.12. The van der Waals surface area contributed by atoms with E-state index >= 15 is 0 Å². The molecule has 0 rings (SSSR count). The number of hydrogen-bond donors (Lipinski definition) is 3. The Morgan fingerprint density at radius 3 is 2.29 bits per heavy atom. The van der Waals surface area contributed by atoms with Gasteiger partial charge in [0.25, 0.3) is 0 Å². The second-order valence-corrected chi connectivity index (χ2v) is 2.57. The molecule has 0 aliphatic rings. The van der Waals surface area contributed by atoms with Gasteiger partial charge in [-0.05, 0) is 0 Å². The molecule has 0 aromatic rings. The number of hydrogen-bond acceptors (Lipinski definition) is 4. The molecular weight excluding hydrogens is 213 g/mol. The summed E-state index contributed by atoms with van der Waals surface area (Å²) in [5.74, 6) is -3.86. The van der Waals surface area contributed by atoms with Crippen LogP contribution in [0.4, 0.5) is 0 Å². The van der Waals surface area contributed by atoms with Gasteiger partial charge in [0.05, 0.1) is 0 Å². The predicted molar refractivity (Wildman–Crippen MR) is 43.3 cm³/mol. The Bertz CT molecular complexity index is 357. The zero-order valence-corrected chi connectivity index (χ0v) is 7.65. The van der Waals surface area contributed by atoms with E-state index < -0.39 is 38.2 Å². The third kappa shape index (κ3) is 5.13. The Hall–Kier alpha value is -1.58. The zero-order valence-electron chi connectivity index (χ0n) is 6.76. The van der Waals surface area contributed by atoms with Crippen molar-refractivity contribution < 1.29 is 29.2 Å². The molecule has 0 saturated carbocycles. The molecule has 0 heterocycles. The number of carboxylic acid groups (broad SMARTS) is 2. The molecule has 0 saturated heterocycles. The van der Waals surface area contributed by atoms with Crippen molar-refractivity contribution >= 4 is 25.8 Å². The molecule has 0 unspecified atom stereocenters. The molecule has 0 aliphatic heterocycles. The summed E-state index contributed by atoms with van der Waals surface area (Å²) >= 11 is 0. The Labute approximate surface area is 79.2 Å². The van der Waals surface area contributed by atoms with E-state index in [1.807, 2.05) is 5.32 Å². The van der Waals surface area contributed by atoms with E-state index in [1.165, 1.54) is 0 Å². The summed E-state index contributed by atoms with van der Waals surface area (Å²) in [6.07, 6.45) is -0.751. The summed E-state index contributed by atoms with van der Waals surface area (Å²) in [6.45, 7) is 0. The molecule has 0 bridgehead atoms. The van der Waals surface area contributed by atoms with Crippen molar-refractivity contribution in [2.75, 3.05) is 0 Å². The number of amides is 1. The first kappa shape index (κ1) is 12.4. The summed E-state index contributed by atoms with van der Waals surface area (Å²) in [7, 11) is -0.698. The second-order valence-electron chi connectivity index (χ2n) is 2.17. The van der Waals surface area contributed by atoms with Gasteiger partial charge < -0.3 is 0 Å². The summed E-state index contributed by atoms with van der Waals surface area (Å²) in [6, 6.07) is -1.55. The minimum absolute atomic E-state index is 0.698. The molecule has 3 N–H and O–H groups in total. The van der Waals surface area contributed by atoms with Gasteiger partial charge in [-0.25, -0.2) is 0 Å². The fourth-order valence-corrected chi connectivity index (χ4v) is 0.754.